The molecule has 0 saturated heterocycles. The van der Waals surface area contributed by atoms with Crippen molar-refractivity contribution in [2.75, 3.05) is 49.7 Å². The van der Waals surface area contributed by atoms with Gasteiger partial charge in [-0.3, -0.25) is 9.48 Å². The van der Waals surface area contributed by atoms with E-state index in [0.29, 0.717) is 71.3 Å². The number of halogens is 4. The molecular formula is C96H119BBr4N10O16S3. The van der Waals surface area contributed by atoms with E-state index in [-0.39, 0.29) is 38.9 Å². The smallest absolute Gasteiger partial charge is 0.461 e. The maximum Gasteiger partial charge on any atom is 0.488 e. The first-order valence-electron chi connectivity index (χ1n) is 41.7. The highest BCUT2D eigenvalue weighted by molar-refractivity contribution is 9.11. The fraction of sp³-hybridized carbons (Fsp3) is 0.344. The summed E-state index contributed by atoms with van der Waals surface area (Å²) in [6.07, 6.45) is 9.98. The molecule has 8 aromatic carbocycles. The van der Waals surface area contributed by atoms with Gasteiger partial charge in [0, 0.05) is 93.9 Å². The van der Waals surface area contributed by atoms with Crippen LogP contribution in [-0.4, -0.2) is 150 Å². The van der Waals surface area contributed by atoms with Crippen molar-refractivity contribution in [1.82, 2.24) is 28.9 Å². The number of sulfone groups is 3. The van der Waals surface area contributed by atoms with Gasteiger partial charge in [0.1, 0.15) is 17.2 Å². The molecule has 0 aliphatic rings. The van der Waals surface area contributed by atoms with Crippen molar-refractivity contribution in [3.63, 3.8) is 0 Å². The molecule has 0 unspecified atom stereocenters. The summed E-state index contributed by atoms with van der Waals surface area (Å²) in [7, 11) is -11.4. The minimum atomic E-state index is -3.28. The predicted molar refractivity (Wildman–Crippen MR) is 532 cm³/mol. The van der Waals surface area contributed by atoms with Crippen molar-refractivity contribution < 1.29 is 73.8 Å². The lowest BCUT2D eigenvalue weighted by Crippen LogP contribution is -2.30. The molecule has 11 aromatic rings. The lowest BCUT2D eigenvalue weighted by molar-refractivity contribution is -0.152. The molecule has 0 spiro atoms. The Balaban J connectivity index is 0.000000328. The SMILES string of the molecule is CC(C)CC#N.CC(C)CC(N)=Nc1ccc(Br)cc1.CC(C)Cn1nc(C(C)(C)O)cc1-c1ccc(-c2cccc(S(C)(=O)=O)c2)cc1.CCOC(=O)C(=O)CBr.CCOC(=O)c1cn(-c2ccc(-c3cccc(S(C)(=O)=O)c3)cc2)c(CC(C)C)n1.CCOC(=O)c1cn(-c2ccc(Br)cc2)c(CC(C)C)n1.CS(=O)(=O)c1cccc(B(O)O)c1.Nc1ccc(Br)cc1. The number of hydrogen-bond acceptors (Lipinski definition) is 22. The molecule has 0 radical (unpaired) electrons. The quantitative estimate of drug-likeness (QED) is 0.00466. The van der Waals surface area contributed by atoms with E-state index in [2.05, 4.69) is 150 Å². The van der Waals surface area contributed by atoms with Gasteiger partial charge >= 0.3 is 25.0 Å². The molecule has 0 saturated carbocycles. The number of Topliss-reactive ketones (excluding diaryl/α,β-unsaturated/α-hetero) is 1. The van der Waals surface area contributed by atoms with Crippen molar-refractivity contribution in [2.45, 2.75) is 156 Å². The van der Waals surface area contributed by atoms with Crippen molar-refractivity contribution in [1.29, 1.82) is 5.26 Å². The van der Waals surface area contributed by atoms with Crippen LogP contribution in [0, 0.1) is 40.9 Å². The molecule has 11 rings (SSSR count). The number of carbonyl (C=O) groups is 4. The lowest BCUT2D eigenvalue weighted by Gasteiger charge is -2.13. The zero-order valence-corrected chi connectivity index (χ0v) is 85.4. The van der Waals surface area contributed by atoms with E-state index < -0.39 is 60.0 Å². The van der Waals surface area contributed by atoms with Crippen LogP contribution in [0.25, 0.3) is 44.9 Å². The number of esters is 3. The van der Waals surface area contributed by atoms with Gasteiger partial charge in [-0.2, -0.15) is 10.4 Å². The topological polar surface area (TPSA) is 401 Å². The van der Waals surface area contributed by atoms with Crippen molar-refractivity contribution >= 4 is 147 Å². The monoisotopic (exact) mass is 2090 g/mol. The summed E-state index contributed by atoms with van der Waals surface area (Å²) in [6, 6.07) is 62.3. The summed E-state index contributed by atoms with van der Waals surface area (Å²) in [5.74, 6) is 2.57. The molecule has 0 amide bonds. The van der Waals surface area contributed by atoms with Gasteiger partial charge in [0.2, 0.25) is 5.78 Å². The Morgan fingerprint density at radius 1 is 0.523 bits per heavy atom. The van der Waals surface area contributed by atoms with Crippen LogP contribution in [0.2, 0.25) is 0 Å². The number of alkyl halides is 1. The minimum absolute atomic E-state index is 0.0336. The van der Waals surface area contributed by atoms with E-state index >= 15 is 0 Å². The highest BCUT2D eigenvalue weighted by Gasteiger charge is 2.25. The number of carbonyl (C=O) groups excluding carboxylic acids is 4. The Hall–Kier alpha value is -10.1. The number of nitrogens with two attached hydrogens (primary N) is 2. The lowest BCUT2D eigenvalue weighted by atomic mass is 9.80. The number of ketones is 1. The summed E-state index contributed by atoms with van der Waals surface area (Å²) in [5, 5.41) is 40.6. The third-order valence-electron chi connectivity index (χ3n) is 17.6. The fourth-order valence-corrected chi connectivity index (χ4v) is 14.4. The van der Waals surface area contributed by atoms with Crippen LogP contribution < -0.4 is 16.9 Å². The molecule has 3 heterocycles. The standard InChI is InChI=1S/C23H26N2O4S.C23H28N2O3S.C16H19BrN2O2.C11H15BrN2.C7H9BO4S.C6H6BrN.C5H7BrO3.C5H9N/c1-5-29-23(26)21-15-25(22(24-21)13-16(2)3)19-11-9-17(10-12-19)18-7-6-8-20(14-18)30(4,27)28;1-16(2)15-25-21(14-22(24-25)23(3,4)26)18-11-9-17(10-12-18)19-7-6-8-20(13-19)29(5,27)28;1-4-21-16(20)14-10-19(15(18-14)9-11(2)3)13-7-5-12(17)6-8-13;1-8(2)7-11(13)14-10-5-3-9(12)4-6-10;1-13(11,12)7-4-2-3-6(5-7)8(9)10;7-5-1-3-6(8)4-2-5;1-2-9-5(8)4(7)3-6;1-5(2)3-4-6/h6-12,14-16H,5,13H2,1-4H3;6-14,16,26H,15H2,1-5H3;5-8,10-11H,4,9H2,1-3H3;3-6,8H,7H2,1-2H3,(H2,13,14);2-5,9-10H,1H3;1-4H,8H2;2-3H2,1H3;5H,3H2,1-2H3. The zero-order valence-electron chi connectivity index (χ0n) is 76.7. The van der Waals surface area contributed by atoms with Crippen LogP contribution in [0.4, 0.5) is 11.4 Å². The minimum Gasteiger partial charge on any atom is -0.461 e. The summed E-state index contributed by atoms with van der Waals surface area (Å²) >= 11 is 12.9. The van der Waals surface area contributed by atoms with Crippen molar-refractivity contribution in [2.24, 2.45) is 40.3 Å². The third kappa shape index (κ3) is 40.3. The van der Waals surface area contributed by atoms with Gasteiger partial charge in [0.15, 0.2) is 40.9 Å². The molecule has 0 aliphatic heterocycles. The van der Waals surface area contributed by atoms with E-state index in [4.69, 9.17) is 36.3 Å². The van der Waals surface area contributed by atoms with Gasteiger partial charge in [0.05, 0.1) is 68.8 Å². The Bertz CT molecular complexity index is 5860. The van der Waals surface area contributed by atoms with Crippen molar-refractivity contribution in [3.8, 4) is 51.0 Å². The number of aliphatic imine (C=N–C) groups is 1. The van der Waals surface area contributed by atoms with Gasteiger partial charge in [-0.05, 0) is 225 Å². The summed E-state index contributed by atoms with van der Waals surface area (Å²) < 4.78 is 92.9. The predicted octanol–water partition coefficient (Wildman–Crippen LogP) is 19.2. The van der Waals surface area contributed by atoms with Crippen LogP contribution in [0.15, 0.2) is 246 Å². The number of anilines is 1. The molecule has 3 aromatic heterocycles. The molecule has 0 aliphatic carbocycles. The normalized spacial score (nSPS) is 11.2. The molecule has 0 fully saturated rings. The van der Waals surface area contributed by atoms with Crippen LogP contribution >= 0.6 is 63.7 Å². The highest BCUT2D eigenvalue weighted by Crippen LogP contribution is 2.32. The first kappa shape index (κ1) is 112. The van der Waals surface area contributed by atoms with E-state index in [0.717, 1.165) is 113 Å². The average molecular weight is 2100 g/mol. The van der Waals surface area contributed by atoms with Crippen molar-refractivity contribution in [3.05, 3.63) is 255 Å². The number of nitrogen functional groups attached to an aromatic ring is 1. The molecule has 130 heavy (non-hydrogen) atoms. The van der Waals surface area contributed by atoms with Crippen LogP contribution in [0.3, 0.4) is 0 Å². The molecule has 26 nitrogen and oxygen atoms in total. The van der Waals surface area contributed by atoms with E-state index in [1.165, 1.54) is 36.8 Å². The number of benzene rings is 8. The van der Waals surface area contributed by atoms with Crippen LogP contribution in [-0.2, 0) is 78.3 Å². The zero-order chi connectivity index (χ0) is 97.6. The second-order valence-corrected chi connectivity index (χ2v) is 41.5. The highest BCUT2D eigenvalue weighted by atomic mass is 79.9. The number of nitriles is 1. The second kappa shape index (κ2) is 54.7. The summed E-state index contributed by atoms with van der Waals surface area (Å²) in [4.78, 5) is 58.7. The number of ether oxygens (including phenoxy) is 3. The van der Waals surface area contributed by atoms with Gasteiger partial charge < -0.3 is 50.0 Å². The first-order chi connectivity index (χ1) is 60.9. The molecule has 34 heteroatoms. The Morgan fingerprint density at radius 2 is 0.915 bits per heavy atom. The number of nitrogens with zero attached hydrogens (tertiary/aromatic N) is 8. The summed E-state index contributed by atoms with van der Waals surface area (Å²) in [6.45, 7) is 31.4. The largest absolute Gasteiger partial charge is 0.488 e. The Kier molecular flexibility index (Phi) is 47.2. The Morgan fingerprint density at radius 3 is 1.27 bits per heavy atom. The molecule has 0 atom stereocenters. The average Bonchev–Trinajstić information content (AvgIpc) is 1.65. The van der Waals surface area contributed by atoms with E-state index in [1.54, 1.807) is 83.4 Å². The number of amidine groups is 1. The van der Waals surface area contributed by atoms with Crippen LogP contribution in [0.5, 0.6) is 0 Å². The van der Waals surface area contributed by atoms with Gasteiger partial charge in [-0.15, -0.1) is 0 Å². The Labute approximate surface area is 800 Å². The van der Waals surface area contributed by atoms with E-state index in [1.807, 2.05) is 167 Å². The van der Waals surface area contributed by atoms with Gasteiger partial charge in [-0.25, -0.2) is 54.6 Å². The third-order valence-corrected chi connectivity index (χ3v) is 23.0. The summed E-state index contributed by atoms with van der Waals surface area (Å²) in [5.41, 5.74) is 20.7. The fourth-order valence-electron chi connectivity index (χ4n) is 11.4. The van der Waals surface area contributed by atoms with Crippen LogP contribution in [0.1, 0.15) is 155 Å². The molecule has 0 bridgehead atoms. The maximum atomic E-state index is 12.1. The number of rotatable bonds is 27. The first-order valence-corrected chi connectivity index (χ1v) is 50.9. The molecular weight excluding hydrogens is 1980 g/mol. The molecule has 7 N–H and O–H groups in total. The molecule has 698 valence electrons. The number of hydrogen-bond donors (Lipinski definition) is 5. The number of imidazole rings is 2. The number of aromatic nitrogens is 6. The number of aliphatic hydroxyl groups is 1. The van der Waals surface area contributed by atoms with Gasteiger partial charge in [0.25, 0.3) is 0 Å². The second-order valence-electron chi connectivity index (χ2n) is 32.2. The maximum absolute atomic E-state index is 12.1. The van der Waals surface area contributed by atoms with Gasteiger partial charge in [-0.1, -0.05) is 206 Å². The van der Waals surface area contributed by atoms with E-state index in [9.17, 15) is 49.5 Å².